The predicted molar refractivity (Wildman–Crippen MR) is 100 cm³/mol. The molecule has 3 atom stereocenters. The summed E-state index contributed by atoms with van der Waals surface area (Å²) in [7, 11) is -3.35. The highest BCUT2D eigenvalue weighted by Crippen LogP contribution is 2.51. The van der Waals surface area contributed by atoms with Gasteiger partial charge in [0.25, 0.3) is 0 Å². The molecule has 2 aliphatic heterocycles. The summed E-state index contributed by atoms with van der Waals surface area (Å²) in [5.41, 5.74) is 1.91. The van der Waals surface area contributed by atoms with Gasteiger partial charge in [0.05, 0.1) is 20.3 Å². The van der Waals surface area contributed by atoms with Crippen LogP contribution in [0.15, 0.2) is 54.6 Å². The van der Waals surface area contributed by atoms with Crippen molar-refractivity contribution in [2.24, 2.45) is 0 Å². The number of methoxy groups -OCH3 is 1. The SMILES string of the molecule is COC(=O)[C@H]1c2ccccc2[C@H]2CN1C(=O)N2OP(=O)(O)OCc1ccccc1. The average Bonchev–Trinajstić information content (AvgIpc) is 3.00. The molecule has 0 spiro atoms. The molecule has 2 heterocycles. The molecule has 2 amide bonds. The maximum atomic E-state index is 12.9. The fourth-order valence-electron chi connectivity index (χ4n) is 3.59. The number of hydrogen-bond acceptors (Lipinski definition) is 6. The fraction of sp³-hybridized carbons (Fsp3) is 0.263. The Bertz CT molecular complexity index is 984. The van der Waals surface area contributed by atoms with Crippen LogP contribution in [0, 0.1) is 0 Å². The summed E-state index contributed by atoms with van der Waals surface area (Å²) in [6.07, 6.45) is 0. The first-order valence-electron chi connectivity index (χ1n) is 8.89. The number of hydroxylamine groups is 2. The van der Waals surface area contributed by atoms with Crippen molar-refractivity contribution >= 4 is 19.8 Å². The molecule has 2 aliphatic rings. The second-order valence-electron chi connectivity index (χ2n) is 6.64. The lowest BCUT2D eigenvalue weighted by Crippen LogP contribution is -2.38. The number of rotatable bonds is 6. The van der Waals surface area contributed by atoms with Gasteiger partial charge in [0.2, 0.25) is 0 Å². The first-order valence-corrected chi connectivity index (χ1v) is 10.4. The molecule has 0 radical (unpaired) electrons. The Hall–Kier alpha value is -2.71. The average molecular weight is 418 g/mol. The van der Waals surface area contributed by atoms with E-state index < -0.39 is 31.9 Å². The molecule has 0 aromatic heterocycles. The Morgan fingerprint density at radius 3 is 2.48 bits per heavy atom. The number of ether oxygens (including phenoxy) is 1. The van der Waals surface area contributed by atoms with Gasteiger partial charge in [0.1, 0.15) is 6.04 Å². The van der Waals surface area contributed by atoms with Crippen LogP contribution in [0.2, 0.25) is 0 Å². The Morgan fingerprint density at radius 1 is 1.14 bits per heavy atom. The predicted octanol–water partition coefficient (Wildman–Crippen LogP) is 2.94. The number of carbonyl (C=O) groups excluding carboxylic acids is 2. The molecule has 1 saturated heterocycles. The molecule has 2 aromatic carbocycles. The molecular weight excluding hydrogens is 399 g/mol. The van der Waals surface area contributed by atoms with E-state index in [0.29, 0.717) is 16.7 Å². The smallest absolute Gasteiger partial charge is 0.467 e. The van der Waals surface area contributed by atoms with Crippen molar-refractivity contribution in [1.29, 1.82) is 0 Å². The molecule has 1 N–H and O–H groups in total. The number of nitrogens with zero attached hydrogens (tertiary/aromatic N) is 2. The van der Waals surface area contributed by atoms with Crippen LogP contribution in [-0.2, 0) is 29.9 Å². The summed E-state index contributed by atoms with van der Waals surface area (Å²) in [5.74, 6) is -0.599. The van der Waals surface area contributed by atoms with E-state index in [4.69, 9.17) is 13.9 Å². The van der Waals surface area contributed by atoms with E-state index in [0.717, 1.165) is 5.06 Å². The van der Waals surface area contributed by atoms with Crippen molar-refractivity contribution in [3.05, 3.63) is 71.3 Å². The molecule has 10 heteroatoms. The number of phosphoric ester groups is 1. The zero-order chi connectivity index (χ0) is 20.6. The van der Waals surface area contributed by atoms with E-state index in [1.165, 1.54) is 12.0 Å². The van der Waals surface area contributed by atoms with Gasteiger partial charge in [-0.25, -0.2) is 14.2 Å². The fourth-order valence-corrected chi connectivity index (χ4v) is 4.36. The standard InChI is InChI=1S/C19H19N2O7P/c1-26-18(22)17-15-10-6-5-9-14(15)16-11-20(17)19(23)21(16)28-29(24,25)27-12-13-7-3-2-4-8-13/h2-10,16-17H,11-12H2,1H3,(H,24,25)/t16-,17-/m1/s1. The van der Waals surface area contributed by atoms with Crippen LogP contribution < -0.4 is 0 Å². The minimum atomic E-state index is -4.59. The number of phosphoric acid groups is 1. The third-order valence-electron chi connectivity index (χ3n) is 4.90. The quantitative estimate of drug-likeness (QED) is 0.568. The Morgan fingerprint density at radius 2 is 1.79 bits per heavy atom. The summed E-state index contributed by atoms with van der Waals surface area (Å²) in [6, 6.07) is 13.5. The molecule has 0 saturated carbocycles. The van der Waals surface area contributed by atoms with Crippen LogP contribution in [-0.4, -0.2) is 40.5 Å². The Balaban J connectivity index is 1.57. The lowest BCUT2D eigenvalue weighted by molar-refractivity contribution is -0.146. The number of amides is 2. The molecule has 152 valence electrons. The number of hydrogen-bond donors (Lipinski definition) is 1. The maximum absolute atomic E-state index is 12.9. The van der Waals surface area contributed by atoms with Crippen molar-refractivity contribution < 1.29 is 32.9 Å². The number of fused-ring (bicyclic) bond motifs is 4. The highest BCUT2D eigenvalue weighted by Gasteiger charge is 2.53. The molecule has 9 nitrogen and oxygen atoms in total. The van der Waals surface area contributed by atoms with Gasteiger partial charge >= 0.3 is 19.8 Å². The molecule has 4 rings (SSSR count). The normalized spacial score (nSPS) is 22.2. The van der Waals surface area contributed by atoms with Crippen LogP contribution in [0.4, 0.5) is 4.79 Å². The minimum Gasteiger partial charge on any atom is -0.467 e. The Kier molecular flexibility index (Phi) is 5.14. The van der Waals surface area contributed by atoms with Crippen molar-refractivity contribution in [2.45, 2.75) is 18.7 Å². The molecule has 2 aromatic rings. The van der Waals surface area contributed by atoms with Gasteiger partial charge in [-0.1, -0.05) is 54.6 Å². The van der Waals surface area contributed by atoms with Gasteiger partial charge in [-0.3, -0.25) is 4.52 Å². The lowest BCUT2D eigenvalue weighted by Gasteiger charge is -2.30. The number of benzene rings is 2. The van der Waals surface area contributed by atoms with Crippen molar-refractivity contribution in [3.63, 3.8) is 0 Å². The topological polar surface area (TPSA) is 106 Å². The molecule has 2 bridgehead atoms. The third kappa shape index (κ3) is 3.65. The second kappa shape index (κ2) is 7.61. The monoisotopic (exact) mass is 418 g/mol. The zero-order valence-electron chi connectivity index (χ0n) is 15.5. The van der Waals surface area contributed by atoms with E-state index >= 15 is 0 Å². The zero-order valence-corrected chi connectivity index (χ0v) is 16.4. The first-order chi connectivity index (χ1) is 13.9. The molecule has 1 unspecified atom stereocenters. The molecular formula is C19H19N2O7P. The van der Waals surface area contributed by atoms with Gasteiger partial charge in [-0.2, -0.15) is 9.69 Å². The highest BCUT2D eigenvalue weighted by molar-refractivity contribution is 7.47. The summed E-state index contributed by atoms with van der Waals surface area (Å²) >= 11 is 0. The van der Waals surface area contributed by atoms with Crippen molar-refractivity contribution in [1.82, 2.24) is 9.96 Å². The molecule has 29 heavy (non-hydrogen) atoms. The Labute approximate surface area is 167 Å². The van der Waals surface area contributed by atoms with Crippen LogP contribution in [0.25, 0.3) is 0 Å². The van der Waals surface area contributed by atoms with Crippen molar-refractivity contribution in [2.75, 3.05) is 13.7 Å². The summed E-state index contributed by atoms with van der Waals surface area (Å²) in [6.45, 7) is -0.0410. The van der Waals surface area contributed by atoms with E-state index in [9.17, 15) is 19.0 Å². The third-order valence-corrected chi connectivity index (χ3v) is 5.74. The van der Waals surface area contributed by atoms with Crippen LogP contribution in [0.5, 0.6) is 0 Å². The van der Waals surface area contributed by atoms with Crippen molar-refractivity contribution in [3.8, 4) is 0 Å². The second-order valence-corrected chi connectivity index (χ2v) is 8.00. The van der Waals surface area contributed by atoms with Crippen LogP contribution in [0.1, 0.15) is 28.8 Å². The number of esters is 1. The van der Waals surface area contributed by atoms with E-state index in [1.54, 1.807) is 48.5 Å². The summed E-state index contributed by atoms with van der Waals surface area (Å²) < 4.78 is 27.5. The highest BCUT2D eigenvalue weighted by atomic mass is 31.2. The van der Waals surface area contributed by atoms with Crippen LogP contribution >= 0.6 is 7.82 Å². The van der Waals surface area contributed by atoms with Crippen LogP contribution in [0.3, 0.4) is 0 Å². The summed E-state index contributed by atoms with van der Waals surface area (Å²) in [4.78, 5) is 36.6. The van der Waals surface area contributed by atoms with Gasteiger partial charge < -0.3 is 14.5 Å². The van der Waals surface area contributed by atoms with Gasteiger partial charge in [-0.15, -0.1) is 0 Å². The number of urea groups is 1. The molecule has 0 aliphatic carbocycles. The lowest BCUT2D eigenvalue weighted by atomic mass is 9.91. The van der Waals surface area contributed by atoms with E-state index in [-0.39, 0.29) is 13.2 Å². The van der Waals surface area contributed by atoms with Gasteiger partial charge in [0.15, 0.2) is 6.04 Å². The molecule has 1 fully saturated rings. The van der Waals surface area contributed by atoms with Gasteiger partial charge in [-0.05, 0) is 16.7 Å². The van der Waals surface area contributed by atoms with E-state index in [2.05, 4.69) is 0 Å². The first kappa shape index (κ1) is 19.6. The minimum absolute atomic E-state index is 0.119. The summed E-state index contributed by atoms with van der Waals surface area (Å²) in [5, 5.41) is 0.813. The maximum Gasteiger partial charge on any atom is 0.494 e. The largest absolute Gasteiger partial charge is 0.494 e. The van der Waals surface area contributed by atoms with E-state index in [1.807, 2.05) is 6.07 Å². The number of carbonyl (C=O) groups is 2. The van der Waals surface area contributed by atoms with Gasteiger partial charge in [0, 0.05) is 0 Å².